The van der Waals surface area contributed by atoms with Crippen molar-refractivity contribution >= 4 is 23.9 Å². The van der Waals surface area contributed by atoms with Gasteiger partial charge in [0.1, 0.15) is 5.75 Å². The summed E-state index contributed by atoms with van der Waals surface area (Å²) in [5, 5.41) is 23.2. The molecule has 1 aliphatic rings. The largest absolute Gasteiger partial charge is 0.508 e. The predicted molar refractivity (Wildman–Crippen MR) is 127 cm³/mol. The van der Waals surface area contributed by atoms with E-state index in [1.54, 1.807) is 24.3 Å². The summed E-state index contributed by atoms with van der Waals surface area (Å²) in [6.45, 7) is 2.07. The Hall–Kier alpha value is -3.13. The van der Waals surface area contributed by atoms with Crippen LogP contribution < -0.4 is 5.43 Å². The molecular formula is C24H27N5O2S. The van der Waals surface area contributed by atoms with E-state index < -0.39 is 0 Å². The second-order valence-electron chi connectivity index (χ2n) is 8.01. The summed E-state index contributed by atoms with van der Waals surface area (Å²) in [5.74, 6) is 0.987. The number of hydrazone groups is 1. The van der Waals surface area contributed by atoms with Crippen LogP contribution in [0.5, 0.6) is 5.75 Å². The van der Waals surface area contributed by atoms with Crippen LogP contribution in [0.1, 0.15) is 49.3 Å². The number of benzene rings is 2. The minimum absolute atomic E-state index is 0.155. The standard InChI is InChI=1S/C24H27N5O2S/c1-17-10-12-19(13-11-17)23-27-28-24(29(23)20-7-3-2-4-8-20)32-16-22(31)26-25-15-18-6-5-9-21(30)14-18/h5-6,9-15,20,30H,2-4,7-8,16H2,1H3,(H,26,31)/b25-15-. The average Bonchev–Trinajstić information content (AvgIpc) is 3.23. The molecule has 32 heavy (non-hydrogen) atoms. The molecule has 2 aromatic carbocycles. The van der Waals surface area contributed by atoms with E-state index in [4.69, 9.17) is 0 Å². The van der Waals surface area contributed by atoms with E-state index >= 15 is 0 Å². The van der Waals surface area contributed by atoms with Gasteiger partial charge in [0.15, 0.2) is 11.0 Å². The lowest BCUT2D eigenvalue weighted by atomic mass is 9.95. The van der Waals surface area contributed by atoms with Crippen molar-refractivity contribution < 1.29 is 9.90 Å². The maximum Gasteiger partial charge on any atom is 0.250 e. The highest BCUT2D eigenvalue weighted by Gasteiger charge is 2.24. The first kappa shape index (κ1) is 22.1. The van der Waals surface area contributed by atoms with Gasteiger partial charge in [-0.15, -0.1) is 10.2 Å². The molecule has 1 fully saturated rings. The smallest absolute Gasteiger partial charge is 0.250 e. The lowest BCUT2D eigenvalue weighted by Crippen LogP contribution is -2.20. The molecule has 0 saturated heterocycles. The van der Waals surface area contributed by atoms with Gasteiger partial charge in [-0.05, 0) is 37.5 Å². The molecule has 0 atom stereocenters. The van der Waals surface area contributed by atoms with Crippen LogP contribution in [0.3, 0.4) is 0 Å². The molecule has 0 bridgehead atoms. The minimum atomic E-state index is -0.221. The van der Waals surface area contributed by atoms with E-state index in [-0.39, 0.29) is 17.4 Å². The summed E-state index contributed by atoms with van der Waals surface area (Å²) >= 11 is 1.38. The van der Waals surface area contributed by atoms with Gasteiger partial charge >= 0.3 is 0 Å². The van der Waals surface area contributed by atoms with E-state index in [0.717, 1.165) is 29.4 Å². The third kappa shape index (κ3) is 5.56. The van der Waals surface area contributed by atoms with Crippen molar-refractivity contribution in [3.8, 4) is 17.1 Å². The first-order valence-electron chi connectivity index (χ1n) is 10.9. The number of phenols is 1. The van der Waals surface area contributed by atoms with Crippen LogP contribution >= 0.6 is 11.8 Å². The van der Waals surface area contributed by atoms with Gasteiger partial charge in [0.05, 0.1) is 12.0 Å². The number of rotatable bonds is 7. The van der Waals surface area contributed by atoms with Gasteiger partial charge in [-0.25, -0.2) is 5.43 Å². The topological polar surface area (TPSA) is 92.4 Å². The summed E-state index contributed by atoms with van der Waals surface area (Å²) in [5.41, 5.74) is 5.49. The molecule has 4 rings (SSSR count). The summed E-state index contributed by atoms with van der Waals surface area (Å²) in [6.07, 6.45) is 7.37. The number of aromatic hydroxyl groups is 1. The van der Waals surface area contributed by atoms with Crippen LogP contribution in [0, 0.1) is 6.92 Å². The average molecular weight is 450 g/mol. The van der Waals surface area contributed by atoms with Crippen molar-refractivity contribution in [3.05, 3.63) is 59.7 Å². The lowest BCUT2D eigenvalue weighted by Gasteiger charge is -2.25. The number of aromatic nitrogens is 3. The number of hydrogen-bond acceptors (Lipinski definition) is 6. The number of nitrogens with zero attached hydrogens (tertiary/aromatic N) is 4. The third-order valence-corrected chi connectivity index (χ3v) is 6.46. The number of phenolic OH excluding ortho intramolecular Hbond substituents is 1. The van der Waals surface area contributed by atoms with Crippen molar-refractivity contribution in [3.63, 3.8) is 0 Å². The number of aryl methyl sites for hydroxylation is 1. The fraction of sp³-hybridized carbons (Fsp3) is 0.333. The quantitative estimate of drug-likeness (QED) is 0.310. The fourth-order valence-corrected chi connectivity index (χ4v) is 4.69. The monoisotopic (exact) mass is 449 g/mol. The number of thioether (sulfide) groups is 1. The van der Waals surface area contributed by atoms with Gasteiger partial charge in [0.2, 0.25) is 0 Å². The highest BCUT2D eigenvalue weighted by Crippen LogP contribution is 2.35. The van der Waals surface area contributed by atoms with Crippen molar-refractivity contribution in [2.24, 2.45) is 5.10 Å². The van der Waals surface area contributed by atoms with E-state index in [0.29, 0.717) is 11.6 Å². The fourth-order valence-electron chi connectivity index (χ4n) is 3.89. The summed E-state index contributed by atoms with van der Waals surface area (Å²) in [6, 6.07) is 15.3. The molecule has 8 heteroatoms. The number of carbonyl (C=O) groups is 1. The molecule has 1 amide bonds. The Kier molecular flexibility index (Phi) is 7.21. The van der Waals surface area contributed by atoms with Gasteiger partial charge in [-0.1, -0.05) is 73.0 Å². The van der Waals surface area contributed by atoms with Gasteiger partial charge in [-0.2, -0.15) is 5.10 Å². The van der Waals surface area contributed by atoms with Crippen molar-refractivity contribution in [2.45, 2.75) is 50.2 Å². The number of hydrogen-bond donors (Lipinski definition) is 2. The SMILES string of the molecule is Cc1ccc(-c2nnc(SCC(=O)N/N=C\c3cccc(O)c3)n2C2CCCCC2)cc1. The molecule has 0 radical (unpaired) electrons. The molecule has 1 saturated carbocycles. The Morgan fingerprint density at radius 3 is 2.72 bits per heavy atom. The lowest BCUT2D eigenvalue weighted by molar-refractivity contribution is -0.118. The number of amides is 1. The van der Waals surface area contributed by atoms with E-state index in [1.807, 2.05) is 0 Å². The molecule has 1 heterocycles. The zero-order valence-electron chi connectivity index (χ0n) is 18.1. The van der Waals surface area contributed by atoms with Gasteiger partial charge in [-0.3, -0.25) is 9.36 Å². The minimum Gasteiger partial charge on any atom is -0.508 e. The Morgan fingerprint density at radius 1 is 1.19 bits per heavy atom. The molecule has 0 spiro atoms. The highest BCUT2D eigenvalue weighted by atomic mass is 32.2. The molecule has 0 aliphatic heterocycles. The van der Waals surface area contributed by atoms with Crippen molar-refractivity contribution in [1.29, 1.82) is 0 Å². The Labute approximate surface area is 192 Å². The van der Waals surface area contributed by atoms with Crippen LogP contribution in [0.2, 0.25) is 0 Å². The molecule has 166 valence electrons. The Balaban J connectivity index is 1.45. The Morgan fingerprint density at radius 2 is 1.97 bits per heavy atom. The van der Waals surface area contributed by atoms with E-state index in [2.05, 4.69) is 56.5 Å². The van der Waals surface area contributed by atoms with Crippen molar-refractivity contribution in [2.75, 3.05) is 5.75 Å². The summed E-state index contributed by atoms with van der Waals surface area (Å²) < 4.78 is 2.22. The van der Waals surface area contributed by atoms with Crippen LogP contribution in [-0.2, 0) is 4.79 Å². The number of carbonyl (C=O) groups excluding carboxylic acids is 1. The predicted octanol–water partition coefficient (Wildman–Crippen LogP) is 4.71. The van der Waals surface area contributed by atoms with E-state index in [1.165, 1.54) is 42.8 Å². The van der Waals surface area contributed by atoms with Crippen LogP contribution in [0.15, 0.2) is 58.8 Å². The Bertz CT molecular complexity index is 1090. The molecular weight excluding hydrogens is 422 g/mol. The molecule has 2 N–H and O–H groups in total. The highest BCUT2D eigenvalue weighted by molar-refractivity contribution is 7.99. The first-order valence-corrected chi connectivity index (χ1v) is 11.8. The van der Waals surface area contributed by atoms with Crippen LogP contribution in [0.4, 0.5) is 0 Å². The zero-order valence-corrected chi connectivity index (χ0v) is 18.9. The molecule has 3 aromatic rings. The van der Waals surface area contributed by atoms with Gasteiger partial charge < -0.3 is 5.11 Å². The van der Waals surface area contributed by atoms with E-state index in [9.17, 15) is 9.90 Å². The molecule has 1 aromatic heterocycles. The maximum atomic E-state index is 12.3. The first-order chi connectivity index (χ1) is 15.6. The summed E-state index contributed by atoms with van der Waals surface area (Å²) in [4.78, 5) is 12.3. The van der Waals surface area contributed by atoms with Gasteiger partial charge in [0.25, 0.3) is 5.91 Å². The van der Waals surface area contributed by atoms with Gasteiger partial charge in [0, 0.05) is 11.6 Å². The third-order valence-electron chi connectivity index (χ3n) is 5.52. The summed E-state index contributed by atoms with van der Waals surface area (Å²) in [7, 11) is 0. The molecule has 0 unspecified atom stereocenters. The van der Waals surface area contributed by atoms with Crippen molar-refractivity contribution in [1.82, 2.24) is 20.2 Å². The molecule has 7 nitrogen and oxygen atoms in total. The molecule has 1 aliphatic carbocycles. The second kappa shape index (κ2) is 10.5. The normalized spacial score (nSPS) is 14.7. The number of nitrogens with one attached hydrogen (secondary N) is 1. The maximum absolute atomic E-state index is 12.3. The van der Waals surface area contributed by atoms with Crippen LogP contribution in [-0.4, -0.2) is 37.7 Å². The zero-order chi connectivity index (χ0) is 22.3. The second-order valence-corrected chi connectivity index (χ2v) is 8.95. The van der Waals surface area contributed by atoms with Crippen LogP contribution in [0.25, 0.3) is 11.4 Å².